The highest BCUT2D eigenvalue weighted by molar-refractivity contribution is 5.37. The number of rotatable bonds is 3. The van der Waals surface area contributed by atoms with Crippen molar-refractivity contribution >= 4 is 5.82 Å². The van der Waals surface area contributed by atoms with Crippen molar-refractivity contribution in [2.75, 3.05) is 18.0 Å². The third kappa shape index (κ3) is 3.05. The number of anilines is 1. The fraction of sp³-hybridized carbons (Fsp3) is 0.556. The molecule has 5 heteroatoms. The summed E-state index contributed by atoms with van der Waals surface area (Å²) < 4.78 is 0. The minimum absolute atomic E-state index is 0.727. The molecule has 2 aliphatic rings. The summed E-state index contributed by atoms with van der Waals surface area (Å²) in [6.07, 6.45) is 12.2. The Morgan fingerprint density at radius 1 is 1.13 bits per heavy atom. The predicted molar refractivity (Wildman–Crippen MR) is 89.0 cm³/mol. The molecule has 0 spiro atoms. The predicted octanol–water partition coefficient (Wildman–Crippen LogP) is 2.67. The zero-order valence-corrected chi connectivity index (χ0v) is 13.6. The van der Waals surface area contributed by atoms with Gasteiger partial charge >= 0.3 is 0 Å². The number of aryl methyl sites for hydroxylation is 1. The zero-order valence-electron chi connectivity index (χ0n) is 13.6. The van der Waals surface area contributed by atoms with Crippen LogP contribution in [0, 0.1) is 24.7 Å². The van der Waals surface area contributed by atoms with Crippen molar-refractivity contribution in [3.63, 3.8) is 0 Å². The van der Waals surface area contributed by atoms with Crippen molar-refractivity contribution in [1.29, 1.82) is 0 Å². The molecule has 2 fully saturated rings. The third-order valence-corrected chi connectivity index (χ3v) is 5.45. The molecule has 2 aromatic heterocycles. The number of hydrogen-bond acceptors (Lipinski definition) is 5. The second kappa shape index (κ2) is 6.22. The van der Waals surface area contributed by atoms with Crippen LogP contribution >= 0.6 is 0 Å². The molecule has 0 unspecified atom stereocenters. The number of hydrogen-bond donors (Lipinski definition) is 0. The van der Waals surface area contributed by atoms with Crippen molar-refractivity contribution in [1.82, 2.24) is 19.9 Å². The SMILES string of the molecule is Cc1cc(C[C@H]2CCC[C@@H]3CN(c4cnccn4)C[C@H]23)ncn1. The summed E-state index contributed by atoms with van der Waals surface area (Å²) >= 11 is 0. The van der Waals surface area contributed by atoms with Crippen LogP contribution in [0.4, 0.5) is 5.82 Å². The van der Waals surface area contributed by atoms with E-state index < -0.39 is 0 Å². The summed E-state index contributed by atoms with van der Waals surface area (Å²) in [6, 6.07) is 2.14. The van der Waals surface area contributed by atoms with E-state index in [1.54, 1.807) is 18.7 Å². The first-order valence-corrected chi connectivity index (χ1v) is 8.58. The van der Waals surface area contributed by atoms with Gasteiger partial charge in [-0.05, 0) is 50.0 Å². The van der Waals surface area contributed by atoms with E-state index >= 15 is 0 Å². The van der Waals surface area contributed by atoms with Crippen LogP contribution < -0.4 is 4.90 Å². The average molecular weight is 309 g/mol. The van der Waals surface area contributed by atoms with Crippen molar-refractivity contribution in [3.05, 3.63) is 42.4 Å². The largest absolute Gasteiger partial charge is 0.355 e. The summed E-state index contributed by atoms with van der Waals surface area (Å²) in [5, 5.41) is 0. The van der Waals surface area contributed by atoms with Gasteiger partial charge < -0.3 is 4.90 Å². The van der Waals surface area contributed by atoms with E-state index in [0.29, 0.717) is 0 Å². The molecule has 5 nitrogen and oxygen atoms in total. The highest BCUT2D eigenvalue weighted by Crippen LogP contribution is 2.42. The molecule has 0 bridgehead atoms. The Balaban J connectivity index is 1.49. The van der Waals surface area contributed by atoms with Gasteiger partial charge in [0.15, 0.2) is 0 Å². The van der Waals surface area contributed by atoms with Crippen LogP contribution in [-0.4, -0.2) is 33.0 Å². The van der Waals surface area contributed by atoms with Crippen LogP contribution in [0.25, 0.3) is 0 Å². The maximum Gasteiger partial charge on any atom is 0.147 e. The third-order valence-electron chi connectivity index (χ3n) is 5.45. The highest BCUT2D eigenvalue weighted by Gasteiger charge is 2.40. The van der Waals surface area contributed by atoms with Crippen molar-refractivity contribution in [3.8, 4) is 0 Å². The van der Waals surface area contributed by atoms with Crippen LogP contribution in [0.15, 0.2) is 31.0 Å². The molecule has 1 saturated heterocycles. The number of nitrogens with zero attached hydrogens (tertiary/aromatic N) is 5. The van der Waals surface area contributed by atoms with E-state index in [1.165, 1.54) is 25.0 Å². The van der Waals surface area contributed by atoms with Crippen LogP contribution in [0.2, 0.25) is 0 Å². The molecule has 1 aliphatic carbocycles. The van der Waals surface area contributed by atoms with Crippen LogP contribution in [-0.2, 0) is 6.42 Å². The minimum atomic E-state index is 0.727. The van der Waals surface area contributed by atoms with E-state index in [0.717, 1.165) is 48.8 Å². The molecule has 3 atom stereocenters. The first kappa shape index (κ1) is 14.5. The Kier molecular flexibility index (Phi) is 3.93. The fourth-order valence-electron chi connectivity index (χ4n) is 4.38. The molecule has 4 rings (SSSR count). The number of fused-ring (bicyclic) bond motifs is 1. The quantitative estimate of drug-likeness (QED) is 0.872. The Morgan fingerprint density at radius 2 is 2.09 bits per heavy atom. The van der Waals surface area contributed by atoms with E-state index in [9.17, 15) is 0 Å². The molecule has 1 saturated carbocycles. The lowest BCUT2D eigenvalue weighted by Gasteiger charge is -2.32. The molecule has 0 amide bonds. The molecular weight excluding hydrogens is 286 g/mol. The van der Waals surface area contributed by atoms with Gasteiger partial charge in [0, 0.05) is 36.9 Å². The van der Waals surface area contributed by atoms with Crippen molar-refractivity contribution in [2.24, 2.45) is 17.8 Å². The van der Waals surface area contributed by atoms with Gasteiger partial charge in [-0.15, -0.1) is 0 Å². The summed E-state index contributed by atoms with van der Waals surface area (Å²) in [4.78, 5) is 19.8. The standard InChI is InChI=1S/C18H23N5/c1-13-7-16(22-12-21-13)8-14-3-2-4-15-10-23(11-17(14)15)18-9-19-5-6-20-18/h5-7,9,12,14-15,17H,2-4,8,10-11H2,1H3/t14-,15-,17-/m1/s1. The molecule has 0 radical (unpaired) electrons. The van der Waals surface area contributed by atoms with Crippen molar-refractivity contribution in [2.45, 2.75) is 32.6 Å². The zero-order chi connectivity index (χ0) is 15.6. The first-order valence-electron chi connectivity index (χ1n) is 8.58. The maximum absolute atomic E-state index is 4.48. The van der Waals surface area contributed by atoms with E-state index in [2.05, 4.69) is 30.9 Å². The van der Waals surface area contributed by atoms with Gasteiger partial charge in [-0.3, -0.25) is 4.98 Å². The number of aromatic nitrogens is 4. The van der Waals surface area contributed by atoms with E-state index in [-0.39, 0.29) is 0 Å². The summed E-state index contributed by atoms with van der Waals surface area (Å²) in [5.74, 6) is 3.29. The molecule has 2 aromatic rings. The van der Waals surface area contributed by atoms with Gasteiger partial charge in [0.2, 0.25) is 0 Å². The van der Waals surface area contributed by atoms with E-state index in [1.807, 2.05) is 13.1 Å². The molecular formula is C18H23N5. The lowest BCUT2D eigenvalue weighted by molar-refractivity contribution is 0.197. The average Bonchev–Trinajstić information content (AvgIpc) is 3.01. The molecule has 0 N–H and O–H groups in total. The van der Waals surface area contributed by atoms with Crippen molar-refractivity contribution < 1.29 is 0 Å². The highest BCUT2D eigenvalue weighted by atomic mass is 15.2. The van der Waals surface area contributed by atoms with Gasteiger partial charge in [-0.2, -0.15) is 0 Å². The fourth-order valence-corrected chi connectivity index (χ4v) is 4.38. The Hall–Kier alpha value is -2.04. The minimum Gasteiger partial charge on any atom is -0.355 e. The first-order chi connectivity index (χ1) is 11.3. The molecule has 120 valence electrons. The van der Waals surface area contributed by atoms with Crippen LogP contribution in [0.5, 0.6) is 0 Å². The topological polar surface area (TPSA) is 54.8 Å². The van der Waals surface area contributed by atoms with Gasteiger partial charge in [0.1, 0.15) is 12.1 Å². The Bertz CT molecular complexity index is 659. The smallest absolute Gasteiger partial charge is 0.147 e. The lowest BCUT2D eigenvalue weighted by atomic mass is 9.72. The summed E-state index contributed by atoms with van der Waals surface area (Å²) in [6.45, 7) is 4.28. The molecule has 3 heterocycles. The van der Waals surface area contributed by atoms with Gasteiger partial charge in [-0.25, -0.2) is 15.0 Å². The van der Waals surface area contributed by atoms with Crippen LogP contribution in [0.3, 0.4) is 0 Å². The van der Waals surface area contributed by atoms with Gasteiger partial charge in [0.05, 0.1) is 6.20 Å². The molecule has 0 aromatic carbocycles. The normalized spacial score (nSPS) is 27.0. The van der Waals surface area contributed by atoms with Gasteiger partial charge in [-0.1, -0.05) is 6.42 Å². The Labute approximate surface area is 137 Å². The van der Waals surface area contributed by atoms with Gasteiger partial charge in [0.25, 0.3) is 0 Å². The second-order valence-electron chi connectivity index (χ2n) is 6.94. The van der Waals surface area contributed by atoms with Crippen LogP contribution in [0.1, 0.15) is 30.7 Å². The second-order valence-corrected chi connectivity index (χ2v) is 6.94. The lowest BCUT2D eigenvalue weighted by Crippen LogP contribution is -2.29. The monoisotopic (exact) mass is 309 g/mol. The summed E-state index contributed by atoms with van der Waals surface area (Å²) in [5.41, 5.74) is 2.26. The van der Waals surface area contributed by atoms with E-state index in [4.69, 9.17) is 0 Å². The Morgan fingerprint density at radius 3 is 2.91 bits per heavy atom. The summed E-state index contributed by atoms with van der Waals surface area (Å²) in [7, 11) is 0. The maximum atomic E-state index is 4.48. The molecule has 1 aliphatic heterocycles. The molecule has 23 heavy (non-hydrogen) atoms.